The second kappa shape index (κ2) is 7.82. The van der Waals surface area contributed by atoms with Crippen LogP contribution < -0.4 is 21.1 Å². The number of ether oxygens (including phenoxy) is 1. The minimum Gasteiger partial charge on any atom is -0.497 e. The van der Waals surface area contributed by atoms with E-state index < -0.39 is 47.0 Å². The van der Waals surface area contributed by atoms with Crippen molar-refractivity contribution in [1.82, 2.24) is 10.2 Å². The number of nitrogens with one attached hydrogen (secondary N) is 2. The van der Waals surface area contributed by atoms with Gasteiger partial charge in [-0.25, -0.2) is 0 Å². The lowest BCUT2D eigenvalue weighted by molar-refractivity contribution is -0.143. The van der Waals surface area contributed by atoms with E-state index in [0.717, 1.165) is 16.0 Å². The quantitative estimate of drug-likeness (QED) is 0.553. The number of carbonyl (C=O) groups excluding carboxylic acids is 4. The number of carbonyl (C=O) groups is 4. The lowest BCUT2D eigenvalue weighted by Gasteiger charge is -2.29. The molecule has 1 spiro atoms. The van der Waals surface area contributed by atoms with E-state index in [1.807, 2.05) is 6.92 Å². The number of benzene rings is 2. The first-order valence-electron chi connectivity index (χ1n) is 10.8. The maximum atomic E-state index is 13.8. The number of imide groups is 1. The number of rotatable bonds is 5. The molecule has 2 aromatic rings. The molecule has 3 aliphatic heterocycles. The normalized spacial score (nSPS) is 27.2. The summed E-state index contributed by atoms with van der Waals surface area (Å²) in [6.07, 6.45) is -0.194. The Morgan fingerprint density at radius 1 is 1.18 bits per heavy atom. The molecule has 4 N–H and O–H groups in total. The van der Waals surface area contributed by atoms with Gasteiger partial charge in [-0.2, -0.15) is 0 Å². The van der Waals surface area contributed by atoms with Crippen molar-refractivity contribution in [3.63, 3.8) is 0 Å². The molecule has 3 heterocycles. The van der Waals surface area contributed by atoms with Gasteiger partial charge in [-0.1, -0.05) is 29.8 Å². The van der Waals surface area contributed by atoms with E-state index in [4.69, 9.17) is 22.1 Å². The predicted octanol–water partition coefficient (Wildman–Crippen LogP) is 1.45. The molecular weight excluding hydrogens is 460 g/mol. The molecule has 0 unspecified atom stereocenters. The first-order chi connectivity index (χ1) is 16.2. The lowest BCUT2D eigenvalue weighted by atomic mass is 9.76. The third kappa shape index (κ3) is 3.11. The molecule has 3 aliphatic rings. The molecule has 176 valence electrons. The first kappa shape index (κ1) is 22.4. The molecule has 0 bridgehead atoms. The van der Waals surface area contributed by atoms with Gasteiger partial charge in [0.1, 0.15) is 11.3 Å². The van der Waals surface area contributed by atoms with Crippen LogP contribution in [0.4, 0.5) is 5.69 Å². The average Bonchev–Trinajstić information content (AvgIpc) is 3.35. The van der Waals surface area contributed by atoms with Crippen molar-refractivity contribution in [2.45, 2.75) is 31.5 Å². The topological polar surface area (TPSA) is 131 Å². The molecule has 0 aliphatic carbocycles. The number of hydrogen-bond acceptors (Lipinski definition) is 6. The highest BCUT2D eigenvalue weighted by atomic mass is 35.5. The highest BCUT2D eigenvalue weighted by Crippen LogP contribution is 2.54. The molecular formula is C24H23ClN4O5. The molecule has 5 rings (SSSR count). The van der Waals surface area contributed by atoms with E-state index in [0.29, 0.717) is 22.0 Å². The van der Waals surface area contributed by atoms with Crippen molar-refractivity contribution in [3.05, 3.63) is 58.1 Å². The van der Waals surface area contributed by atoms with E-state index in [1.165, 1.54) is 0 Å². The van der Waals surface area contributed by atoms with Crippen LogP contribution in [0.25, 0.3) is 0 Å². The Labute approximate surface area is 200 Å². The number of nitrogens with two attached hydrogens (primary N) is 1. The summed E-state index contributed by atoms with van der Waals surface area (Å²) in [5, 5.41) is 6.28. The highest BCUT2D eigenvalue weighted by molar-refractivity contribution is 6.35. The van der Waals surface area contributed by atoms with Crippen molar-refractivity contribution in [3.8, 4) is 5.75 Å². The summed E-state index contributed by atoms with van der Waals surface area (Å²) < 4.78 is 5.17. The zero-order chi connectivity index (χ0) is 24.4. The maximum absolute atomic E-state index is 13.8. The number of amides is 4. The van der Waals surface area contributed by atoms with Crippen LogP contribution in [0.1, 0.15) is 23.1 Å². The minimum absolute atomic E-state index is 0.0388. The third-order valence-corrected chi connectivity index (χ3v) is 7.23. The van der Waals surface area contributed by atoms with Gasteiger partial charge in [0.25, 0.3) is 0 Å². The number of fused-ring (bicyclic) bond motifs is 4. The smallest absolute Gasteiger partial charge is 0.250 e. The molecule has 0 aromatic heterocycles. The Morgan fingerprint density at radius 3 is 2.53 bits per heavy atom. The van der Waals surface area contributed by atoms with Gasteiger partial charge >= 0.3 is 0 Å². The summed E-state index contributed by atoms with van der Waals surface area (Å²) in [5.41, 5.74) is 6.35. The molecule has 34 heavy (non-hydrogen) atoms. The van der Waals surface area contributed by atoms with Gasteiger partial charge in [0.2, 0.25) is 23.6 Å². The predicted molar refractivity (Wildman–Crippen MR) is 123 cm³/mol. The monoisotopic (exact) mass is 482 g/mol. The van der Waals surface area contributed by atoms with E-state index in [9.17, 15) is 19.2 Å². The van der Waals surface area contributed by atoms with Crippen LogP contribution in [0.3, 0.4) is 0 Å². The highest BCUT2D eigenvalue weighted by Gasteiger charge is 2.70. The number of halogens is 1. The van der Waals surface area contributed by atoms with Gasteiger partial charge in [0, 0.05) is 18.0 Å². The molecule has 2 fully saturated rings. The van der Waals surface area contributed by atoms with E-state index in [-0.39, 0.29) is 13.0 Å². The Hall–Kier alpha value is -3.43. The minimum atomic E-state index is -1.53. The maximum Gasteiger partial charge on any atom is 0.250 e. The Bertz CT molecular complexity index is 1250. The second-order valence-corrected chi connectivity index (χ2v) is 9.37. The largest absolute Gasteiger partial charge is 0.497 e. The van der Waals surface area contributed by atoms with Crippen molar-refractivity contribution in [2.24, 2.45) is 17.6 Å². The van der Waals surface area contributed by atoms with Crippen molar-refractivity contribution in [1.29, 1.82) is 0 Å². The van der Waals surface area contributed by atoms with Crippen LogP contribution in [-0.4, -0.2) is 41.7 Å². The molecule has 2 saturated heterocycles. The Morgan fingerprint density at radius 2 is 1.88 bits per heavy atom. The van der Waals surface area contributed by atoms with Gasteiger partial charge in [-0.15, -0.1) is 0 Å². The van der Waals surface area contributed by atoms with Gasteiger partial charge in [0.05, 0.1) is 36.2 Å². The summed E-state index contributed by atoms with van der Waals surface area (Å²) in [5.74, 6) is -3.35. The molecule has 0 saturated carbocycles. The van der Waals surface area contributed by atoms with Crippen LogP contribution in [0.2, 0.25) is 5.02 Å². The van der Waals surface area contributed by atoms with Gasteiger partial charge in [-0.3, -0.25) is 29.4 Å². The zero-order valence-electron chi connectivity index (χ0n) is 18.6. The Balaban J connectivity index is 1.59. The SMILES string of the molecule is COc1ccc(CN2C(=O)[C@H]3[C@@H](C2=O)[C@@]2(N[C@@H]3CC(N)=O)C(=O)Nc3c(Cl)cc(C)cc32)cc1. The fourth-order valence-electron chi connectivity index (χ4n) is 5.51. The summed E-state index contributed by atoms with van der Waals surface area (Å²) in [4.78, 5) is 53.7. The van der Waals surface area contributed by atoms with Crippen LogP contribution in [0.5, 0.6) is 5.75 Å². The molecule has 4 amide bonds. The summed E-state index contributed by atoms with van der Waals surface area (Å²) in [6, 6.07) is 9.73. The third-order valence-electron chi connectivity index (χ3n) is 6.93. The Kier molecular flexibility index (Phi) is 5.14. The number of likely N-dealkylation sites (tertiary alicyclic amines) is 1. The summed E-state index contributed by atoms with van der Waals surface area (Å²) in [7, 11) is 1.55. The molecule has 0 radical (unpaired) electrons. The zero-order valence-corrected chi connectivity index (χ0v) is 19.3. The first-order valence-corrected chi connectivity index (χ1v) is 11.2. The lowest BCUT2D eigenvalue weighted by Crippen LogP contribution is -2.53. The molecule has 2 aromatic carbocycles. The molecule has 4 atom stereocenters. The van der Waals surface area contributed by atoms with E-state index >= 15 is 0 Å². The number of hydrogen-bond donors (Lipinski definition) is 3. The van der Waals surface area contributed by atoms with Crippen LogP contribution in [0, 0.1) is 18.8 Å². The van der Waals surface area contributed by atoms with Crippen molar-refractivity contribution in [2.75, 3.05) is 12.4 Å². The van der Waals surface area contributed by atoms with E-state index in [1.54, 1.807) is 43.5 Å². The summed E-state index contributed by atoms with van der Waals surface area (Å²) >= 11 is 6.40. The van der Waals surface area contributed by atoms with Crippen LogP contribution in [0.15, 0.2) is 36.4 Å². The second-order valence-electron chi connectivity index (χ2n) is 8.97. The number of aryl methyl sites for hydroxylation is 1. The van der Waals surface area contributed by atoms with Crippen molar-refractivity contribution < 1.29 is 23.9 Å². The molecule has 10 heteroatoms. The van der Waals surface area contributed by atoms with Gasteiger partial charge in [0.15, 0.2) is 0 Å². The number of anilines is 1. The number of methoxy groups -OCH3 is 1. The van der Waals surface area contributed by atoms with Crippen LogP contribution in [-0.2, 0) is 31.3 Å². The summed E-state index contributed by atoms with van der Waals surface area (Å²) in [6.45, 7) is 1.87. The average molecular weight is 483 g/mol. The fourth-order valence-corrected chi connectivity index (χ4v) is 5.84. The van der Waals surface area contributed by atoms with Crippen molar-refractivity contribution >= 4 is 40.9 Å². The van der Waals surface area contributed by atoms with E-state index in [2.05, 4.69) is 10.6 Å². The fraction of sp³-hybridized carbons (Fsp3) is 0.333. The van der Waals surface area contributed by atoms with Gasteiger partial charge in [-0.05, 0) is 36.2 Å². The number of primary amides is 1. The molecule has 9 nitrogen and oxygen atoms in total. The number of nitrogens with zero attached hydrogens (tertiary/aromatic N) is 1. The standard InChI is InChI=1S/C24H23ClN4O5/c1-11-7-14-20(15(25)8-11)27-23(33)24(14)19-18(16(28-24)9-17(26)30)21(31)29(22(19)32)10-12-3-5-13(34-2)6-4-12/h3-8,16,18-19,28H,9-10H2,1-2H3,(H2,26,30)(H,27,33)/t16-,18-,19+,24-/m1/s1. The van der Waals surface area contributed by atoms with Gasteiger partial charge < -0.3 is 15.8 Å². The van der Waals surface area contributed by atoms with Crippen LogP contribution >= 0.6 is 11.6 Å².